The Balaban J connectivity index is 1.73. The lowest BCUT2D eigenvalue weighted by molar-refractivity contribution is 0.452. The Kier molecular flexibility index (Phi) is 3.21. The summed E-state index contributed by atoms with van der Waals surface area (Å²) in [4.78, 5) is 9.09. The van der Waals surface area contributed by atoms with Gasteiger partial charge in [-0.2, -0.15) is 0 Å². The number of nitrogens with one attached hydrogen (secondary N) is 1. The molecule has 2 aromatic heterocycles. The third-order valence-corrected chi connectivity index (χ3v) is 4.46. The Morgan fingerprint density at radius 1 is 0.923 bits per heavy atom. The fourth-order valence-corrected chi connectivity index (χ4v) is 3.23. The smallest absolute Gasteiger partial charge is 0.200 e. The van der Waals surface area contributed by atoms with Gasteiger partial charge in [-0.15, -0.1) is 5.10 Å². The number of hydrogen-bond donors (Lipinski definition) is 2. The molecule has 2 aromatic carbocycles. The Hall–Kier alpha value is -3.67. The minimum absolute atomic E-state index is 0.213. The molecule has 4 aromatic rings. The maximum Gasteiger partial charge on any atom is 0.200 e. The number of phenolic OH excluding ortho intramolecular Hbond substituents is 1. The molecule has 0 fully saturated rings. The van der Waals surface area contributed by atoms with Crippen LogP contribution in [0.1, 0.15) is 11.7 Å². The number of anilines is 1. The van der Waals surface area contributed by atoms with Gasteiger partial charge >= 0.3 is 0 Å². The maximum absolute atomic E-state index is 10.3. The van der Waals surface area contributed by atoms with Gasteiger partial charge in [0, 0.05) is 23.0 Å². The minimum Gasteiger partial charge on any atom is -0.508 e. The van der Waals surface area contributed by atoms with Gasteiger partial charge < -0.3 is 10.4 Å². The molecular formula is C20H15N5O. The van der Waals surface area contributed by atoms with Crippen LogP contribution in [0.4, 0.5) is 5.69 Å². The van der Waals surface area contributed by atoms with E-state index in [1.54, 1.807) is 23.0 Å². The Morgan fingerprint density at radius 3 is 2.58 bits per heavy atom. The normalized spacial score (nSPS) is 15.0. The summed E-state index contributed by atoms with van der Waals surface area (Å²) in [5, 5.41) is 18.5. The summed E-state index contributed by atoms with van der Waals surface area (Å²) in [5.41, 5.74) is 3.37. The van der Waals surface area contributed by atoms with Gasteiger partial charge in [-0.05, 0) is 30.3 Å². The zero-order valence-corrected chi connectivity index (χ0v) is 13.7. The number of rotatable bonds is 2. The molecule has 0 bridgehead atoms. The van der Waals surface area contributed by atoms with Crippen molar-refractivity contribution in [2.75, 3.05) is 5.32 Å². The van der Waals surface area contributed by atoms with E-state index in [0.29, 0.717) is 11.5 Å². The molecule has 0 saturated heterocycles. The van der Waals surface area contributed by atoms with Gasteiger partial charge in [-0.1, -0.05) is 36.4 Å². The maximum atomic E-state index is 10.3. The van der Waals surface area contributed by atoms with Crippen molar-refractivity contribution in [2.24, 2.45) is 0 Å². The zero-order chi connectivity index (χ0) is 17.5. The summed E-state index contributed by atoms with van der Waals surface area (Å²) in [6.45, 7) is 0. The molecule has 0 spiro atoms. The van der Waals surface area contributed by atoms with Crippen molar-refractivity contribution in [2.45, 2.75) is 6.17 Å². The van der Waals surface area contributed by atoms with E-state index < -0.39 is 0 Å². The van der Waals surface area contributed by atoms with Gasteiger partial charge in [-0.3, -0.25) is 4.98 Å². The lowest BCUT2D eigenvalue weighted by Crippen LogP contribution is -2.25. The number of nitrogens with zero attached hydrogens (tertiary/aromatic N) is 4. The van der Waals surface area contributed by atoms with Crippen molar-refractivity contribution in [3.8, 4) is 28.7 Å². The third-order valence-electron chi connectivity index (χ3n) is 4.46. The Bertz CT molecular complexity index is 1090. The van der Waals surface area contributed by atoms with E-state index >= 15 is 0 Å². The number of pyridine rings is 1. The number of para-hydroxylation sites is 2. The minimum atomic E-state index is -0.355. The molecule has 26 heavy (non-hydrogen) atoms. The number of hydrogen-bond acceptors (Lipinski definition) is 5. The lowest BCUT2D eigenvalue weighted by Gasteiger charge is -2.28. The van der Waals surface area contributed by atoms with Gasteiger partial charge in [-0.25, -0.2) is 9.67 Å². The van der Waals surface area contributed by atoms with Crippen molar-refractivity contribution in [3.63, 3.8) is 0 Å². The fourth-order valence-electron chi connectivity index (χ4n) is 3.23. The first-order valence-corrected chi connectivity index (χ1v) is 8.33. The standard InChI is InChI=1S/C20H15N5O/c26-17-11-4-2-8-14(17)20-22-15-9-3-1-7-13(15)19-23-18(24-25(19)20)16-10-5-6-12-21-16/h1-12,20,22,26H. The van der Waals surface area contributed by atoms with E-state index in [4.69, 9.17) is 4.98 Å². The van der Waals surface area contributed by atoms with Crippen LogP contribution >= 0.6 is 0 Å². The first-order valence-electron chi connectivity index (χ1n) is 8.33. The number of aromatic hydroxyl groups is 1. The van der Waals surface area contributed by atoms with Crippen LogP contribution in [0.25, 0.3) is 22.9 Å². The number of phenols is 1. The van der Waals surface area contributed by atoms with Crippen LogP contribution in [0.5, 0.6) is 5.75 Å². The van der Waals surface area contributed by atoms with Crippen LogP contribution in [0.15, 0.2) is 72.9 Å². The molecule has 1 aliphatic heterocycles. The highest BCUT2D eigenvalue weighted by atomic mass is 16.3. The molecule has 0 radical (unpaired) electrons. The molecule has 1 unspecified atom stereocenters. The molecule has 6 heteroatoms. The number of fused-ring (bicyclic) bond motifs is 3. The van der Waals surface area contributed by atoms with Crippen LogP contribution in [0.3, 0.4) is 0 Å². The predicted octanol–water partition coefficient (Wildman–Crippen LogP) is 3.69. The van der Waals surface area contributed by atoms with Gasteiger partial charge in [0.1, 0.15) is 11.4 Å². The summed E-state index contributed by atoms with van der Waals surface area (Å²) in [7, 11) is 0. The Morgan fingerprint density at radius 2 is 1.73 bits per heavy atom. The topological polar surface area (TPSA) is 75.9 Å². The van der Waals surface area contributed by atoms with Gasteiger partial charge in [0.2, 0.25) is 0 Å². The molecule has 126 valence electrons. The fraction of sp³-hybridized carbons (Fsp3) is 0.0500. The van der Waals surface area contributed by atoms with E-state index in [1.165, 1.54) is 0 Å². The van der Waals surface area contributed by atoms with Gasteiger partial charge in [0.15, 0.2) is 17.8 Å². The van der Waals surface area contributed by atoms with Crippen molar-refractivity contribution in [3.05, 3.63) is 78.5 Å². The van der Waals surface area contributed by atoms with Crippen molar-refractivity contribution in [1.29, 1.82) is 0 Å². The van der Waals surface area contributed by atoms with E-state index in [9.17, 15) is 5.11 Å². The van der Waals surface area contributed by atoms with Gasteiger partial charge in [0.25, 0.3) is 0 Å². The second kappa shape index (κ2) is 5.70. The lowest BCUT2D eigenvalue weighted by atomic mass is 10.1. The molecule has 3 heterocycles. The molecule has 1 atom stereocenters. The van der Waals surface area contributed by atoms with E-state index in [0.717, 1.165) is 22.6 Å². The zero-order valence-electron chi connectivity index (χ0n) is 13.7. The van der Waals surface area contributed by atoms with Crippen molar-refractivity contribution < 1.29 is 5.11 Å². The van der Waals surface area contributed by atoms with Crippen LogP contribution in [-0.4, -0.2) is 24.9 Å². The summed E-state index contributed by atoms with van der Waals surface area (Å²) in [6, 6.07) is 20.9. The molecule has 5 rings (SSSR count). The average molecular weight is 341 g/mol. The Labute approximate surface area is 149 Å². The highest BCUT2D eigenvalue weighted by Crippen LogP contribution is 2.39. The highest BCUT2D eigenvalue weighted by molar-refractivity contribution is 5.77. The first kappa shape index (κ1) is 14.7. The molecule has 2 N–H and O–H groups in total. The van der Waals surface area contributed by atoms with Gasteiger partial charge in [0.05, 0.1) is 0 Å². The van der Waals surface area contributed by atoms with Crippen molar-refractivity contribution in [1.82, 2.24) is 19.7 Å². The second-order valence-electron chi connectivity index (χ2n) is 6.07. The third kappa shape index (κ3) is 2.23. The predicted molar refractivity (Wildman–Crippen MR) is 98.6 cm³/mol. The molecule has 0 amide bonds. The molecule has 1 aliphatic rings. The second-order valence-corrected chi connectivity index (χ2v) is 6.07. The summed E-state index contributed by atoms with van der Waals surface area (Å²) in [6.07, 6.45) is 1.37. The van der Waals surface area contributed by atoms with Crippen LogP contribution in [-0.2, 0) is 0 Å². The average Bonchev–Trinajstić information content (AvgIpc) is 3.14. The quantitative estimate of drug-likeness (QED) is 0.582. The molecule has 6 nitrogen and oxygen atoms in total. The highest BCUT2D eigenvalue weighted by Gasteiger charge is 2.29. The van der Waals surface area contributed by atoms with E-state index in [2.05, 4.69) is 15.4 Å². The first-order chi connectivity index (χ1) is 12.8. The van der Waals surface area contributed by atoms with Crippen molar-refractivity contribution >= 4 is 5.69 Å². The molecule has 0 saturated carbocycles. The SMILES string of the molecule is Oc1ccccc1C1Nc2ccccc2-c2nc(-c3ccccn3)nn21. The van der Waals surface area contributed by atoms with Crippen LogP contribution in [0, 0.1) is 0 Å². The summed E-state index contributed by atoms with van der Waals surface area (Å²) >= 11 is 0. The van der Waals surface area contributed by atoms with E-state index in [-0.39, 0.29) is 11.9 Å². The number of benzene rings is 2. The molecule has 0 aliphatic carbocycles. The van der Waals surface area contributed by atoms with E-state index in [1.807, 2.05) is 54.6 Å². The van der Waals surface area contributed by atoms with Crippen LogP contribution in [0.2, 0.25) is 0 Å². The monoisotopic (exact) mass is 341 g/mol. The summed E-state index contributed by atoms with van der Waals surface area (Å²) < 4.78 is 1.81. The largest absolute Gasteiger partial charge is 0.508 e. The summed E-state index contributed by atoms with van der Waals surface area (Å²) in [5.74, 6) is 1.51. The number of aromatic nitrogens is 4. The van der Waals surface area contributed by atoms with Crippen LogP contribution < -0.4 is 5.32 Å². The molecular weight excluding hydrogens is 326 g/mol.